The normalized spacial score (nSPS) is 11.8. The van der Waals surface area contributed by atoms with Crippen LogP contribution in [0.5, 0.6) is 11.5 Å². The highest BCUT2D eigenvalue weighted by Gasteiger charge is 2.20. The average Bonchev–Trinajstić information content (AvgIpc) is 3.70. The van der Waals surface area contributed by atoms with Crippen LogP contribution in [-0.2, 0) is 7.05 Å². The van der Waals surface area contributed by atoms with E-state index in [2.05, 4.69) is 124 Å². The lowest BCUT2D eigenvalue weighted by atomic mass is 10.1. The molecule has 0 fully saturated rings. The third-order valence-corrected chi connectivity index (χ3v) is 9.40. The number of hydrogen-bond acceptors (Lipinski definition) is 3. The summed E-state index contributed by atoms with van der Waals surface area (Å²) in [5, 5.41) is 4.91. The second kappa shape index (κ2) is 9.28. The van der Waals surface area contributed by atoms with Gasteiger partial charge in [0.15, 0.2) is 11.0 Å². The second-order valence-electron chi connectivity index (χ2n) is 10.8. The molecule has 0 unspecified atom stereocenters. The van der Waals surface area contributed by atoms with Gasteiger partial charge in [0.1, 0.15) is 23.0 Å². The molecule has 0 aliphatic heterocycles. The minimum atomic E-state index is 0.777. The average molecular weight is 574 g/mol. The molecule has 0 atom stereocenters. The highest BCUT2D eigenvalue weighted by molar-refractivity contribution is 7.26. The van der Waals surface area contributed by atoms with E-state index in [0.717, 1.165) is 34.0 Å². The number of pyridine rings is 1. The van der Waals surface area contributed by atoms with Gasteiger partial charge in [-0.25, -0.2) is 9.55 Å². The Balaban J connectivity index is 1.23. The number of imidazole rings is 1. The summed E-state index contributed by atoms with van der Waals surface area (Å²) in [6.07, 6.45) is 3.96. The van der Waals surface area contributed by atoms with Crippen LogP contribution in [0, 0.1) is 0 Å². The number of aryl methyl sites for hydroxylation is 1. The van der Waals surface area contributed by atoms with E-state index in [4.69, 9.17) is 9.72 Å². The van der Waals surface area contributed by atoms with Gasteiger partial charge in [0.25, 0.3) is 0 Å². The predicted molar refractivity (Wildman–Crippen MR) is 176 cm³/mol. The number of ether oxygens (including phenoxy) is 1. The summed E-state index contributed by atoms with van der Waals surface area (Å²) in [6, 6.07) is 42.3. The number of fused-ring (bicyclic) bond motifs is 8. The van der Waals surface area contributed by atoms with Gasteiger partial charge in [0.2, 0.25) is 6.33 Å². The van der Waals surface area contributed by atoms with Crippen molar-refractivity contribution in [1.82, 2.24) is 14.1 Å². The fourth-order valence-corrected chi connectivity index (χ4v) is 7.49. The molecule has 6 heteroatoms. The molecule has 0 saturated carbocycles. The van der Waals surface area contributed by atoms with Gasteiger partial charge >= 0.3 is 0 Å². The minimum absolute atomic E-state index is 0.777. The maximum Gasteiger partial charge on any atom is 0.249 e. The Hall–Kier alpha value is -5.46. The molecule has 0 N–H and O–H groups in total. The Morgan fingerprint density at radius 1 is 0.674 bits per heavy atom. The van der Waals surface area contributed by atoms with E-state index in [1.807, 2.05) is 41.8 Å². The molecule has 0 radical (unpaired) electrons. The molecular formula is C37H25N4OS+. The molecule has 0 amide bonds. The maximum absolute atomic E-state index is 6.55. The molecular weight excluding hydrogens is 549 g/mol. The van der Waals surface area contributed by atoms with Crippen LogP contribution < -0.4 is 9.30 Å². The highest BCUT2D eigenvalue weighted by Crippen LogP contribution is 2.43. The van der Waals surface area contributed by atoms with E-state index >= 15 is 0 Å². The van der Waals surface area contributed by atoms with Crippen molar-refractivity contribution in [3.63, 3.8) is 0 Å². The van der Waals surface area contributed by atoms with Crippen molar-refractivity contribution < 1.29 is 9.30 Å². The van der Waals surface area contributed by atoms with Crippen molar-refractivity contribution in [2.75, 3.05) is 0 Å². The SMILES string of the molecule is C[n+]1cn(-c2cccc(Oc3ccc4c5ccc6sc7ccccc7c6c5n(-c5ccccn5)c4c3)c2)c2ccccc21. The summed E-state index contributed by atoms with van der Waals surface area (Å²) in [7, 11) is 2.07. The Kier molecular flexibility index (Phi) is 5.21. The summed E-state index contributed by atoms with van der Waals surface area (Å²) in [5.74, 6) is 2.44. The van der Waals surface area contributed by atoms with Crippen molar-refractivity contribution in [3.05, 3.63) is 134 Å². The summed E-state index contributed by atoms with van der Waals surface area (Å²) in [5.41, 5.74) is 5.61. The number of aromatic nitrogens is 4. The molecule has 204 valence electrons. The topological polar surface area (TPSA) is 35.9 Å². The quantitative estimate of drug-likeness (QED) is 0.197. The van der Waals surface area contributed by atoms with Crippen LogP contribution in [0.4, 0.5) is 0 Å². The standard InChI is InChI=1S/C37H25N4OS/c1-39-23-40(31-13-4-3-12-30(31)39)24-9-8-10-25(21-24)42-26-16-17-27-28-18-19-34-36(29-11-2-5-14-33(29)43-34)37(28)41(32(27)22-26)35-15-6-7-20-38-35/h2-23H,1H3/q+1. The fraction of sp³-hybridized carbons (Fsp3) is 0.0270. The molecule has 0 spiro atoms. The van der Waals surface area contributed by atoms with Gasteiger partial charge in [-0.1, -0.05) is 48.5 Å². The van der Waals surface area contributed by atoms with Crippen LogP contribution >= 0.6 is 11.3 Å². The fourth-order valence-electron chi connectivity index (χ4n) is 6.38. The van der Waals surface area contributed by atoms with E-state index in [1.165, 1.54) is 42.0 Å². The number of thiophene rings is 1. The Bertz CT molecular complexity index is 2500. The monoisotopic (exact) mass is 573 g/mol. The van der Waals surface area contributed by atoms with E-state index in [-0.39, 0.29) is 0 Å². The van der Waals surface area contributed by atoms with Gasteiger partial charge < -0.3 is 4.74 Å². The first-order valence-corrected chi connectivity index (χ1v) is 15.1. The largest absolute Gasteiger partial charge is 0.457 e. The second-order valence-corrected chi connectivity index (χ2v) is 11.9. The van der Waals surface area contributed by atoms with Crippen LogP contribution in [0.15, 0.2) is 134 Å². The molecule has 0 bridgehead atoms. The Morgan fingerprint density at radius 2 is 1.51 bits per heavy atom. The van der Waals surface area contributed by atoms with E-state index in [9.17, 15) is 0 Å². The third kappa shape index (κ3) is 3.70. The van der Waals surface area contributed by atoms with Crippen molar-refractivity contribution in [1.29, 1.82) is 0 Å². The predicted octanol–water partition coefficient (Wildman–Crippen LogP) is 9.11. The van der Waals surface area contributed by atoms with Crippen molar-refractivity contribution >= 4 is 64.3 Å². The minimum Gasteiger partial charge on any atom is -0.457 e. The summed E-state index contributed by atoms with van der Waals surface area (Å²) in [4.78, 5) is 4.80. The number of para-hydroxylation sites is 2. The molecule has 4 heterocycles. The molecule has 4 aromatic heterocycles. The molecule has 0 saturated heterocycles. The van der Waals surface area contributed by atoms with E-state index < -0.39 is 0 Å². The number of nitrogens with zero attached hydrogens (tertiary/aromatic N) is 4. The van der Waals surface area contributed by atoms with Crippen LogP contribution in [0.1, 0.15) is 0 Å². The molecule has 5 nitrogen and oxygen atoms in total. The van der Waals surface area contributed by atoms with Crippen LogP contribution in [-0.4, -0.2) is 14.1 Å². The lowest BCUT2D eigenvalue weighted by Crippen LogP contribution is -2.25. The Morgan fingerprint density at radius 3 is 2.44 bits per heavy atom. The number of hydrogen-bond donors (Lipinski definition) is 0. The first kappa shape index (κ1) is 24.2. The van der Waals surface area contributed by atoms with Gasteiger partial charge in [-0.3, -0.25) is 4.57 Å². The Labute approximate surface area is 251 Å². The van der Waals surface area contributed by atoms with Crippen LogP contribution in [0.3, 0.4) is 0 Å². The van der Waals surface area contributed by atoms with Crippen molar-refractivity contribution in [3.8, 4) is 23.0 Å². The van der Waals surface area contributed by atoms with Gasteiger partial charge in [-0.05, 0) is 60.7 Å². The zero-order chi connectivity index (χ0) is 28.5. The van der Waals surface area contributed by atoms with Gasteiger partial charge in [0.05, 0.1) is 18.1 Å². The van der Waals surface area contributed by atoms with E-state index in [1.54, 1.807) is 0 Å². The zero-order valence-electron chi connectivity index (χ0n) is 23.3. The molecule has 0 aliphatic rings. The first-order valence-electron chi connectivity index (χ1n) is 14.3. The molecule has 9 rings (SSSR count). The molecule has 9 aromatic rings. The third-order valence-electron chi connectivity index (χ3n) is 8.26. The number of benzene rings is 5. The molecule has 43 heavy (non-hydrogen) atoms. The molecule has 5 aromatic carbocycles. The lowest BCUT2D eigenvalue weighted by molar-refractivity contribution is -0.645. The van der Waals surface area contributed by atoms with Crippen LogP contribution in [0.2, 0.25) is 0 Å². The smallest absolute Gasteiger partial charge is 0.249 e. The zero-order valence-corrected chi connectivity index (χ0v) is 24.1. The summed E-state index contributed by atoms with van der Waals surface area (Å²) < 4.78 is 15.7. The maximum atomic E-state index is 6.55. The lowest BCUT2D eigenvalue weighted by Gasteiger charge is -2.10. The van der Waals surface area contributed by atoms with Gasteiger partial charge in [-0.15, -0.1) is 11.3 Å². The van der Waals surface area contributed by atoms with Crippen molar-refractivity contribution in [2.45, 2.75) is 0 Å². The van der Waals surface area contributed by atoms with E-state index in [0.29, 0.717) is 0 Å². The highest BCUT2D eigenvalue weighted by atomic mass is 32.1. The summed E-state index contributed by atoms with van der Waals surface area (Å²) >= 11 is 1.83. The first-order chi connectivity index (χ1) is 21.2. The van der Waals surface area contributed by atoms with Crippen LogP contribution in [0.25, 0.3) is 64.5 Å². The van der Waals surface area contributed by atoms with Gasteiger partial charge in [-0.2, -0.15) is 4.57 Å². The molecule has 0 aliphatic carbocycles. The van der Waals surface area contributed by atoms with Gasteiger partial charge in [0, 0.05) is 49.3 Å². The number of rotatable bonds is 4. The van der Waals surface area contributed by atoms with Crippen molar-refractivity contribution in [2.24, 2.45) is 7.05 Å². The summed E-state index contributed by atoms with van der Waals surface area (Å²) in [6.45, 7) is 0.